The van der Waals surface area contributed by atoms with E-state index >= 15 is 0 Å². The number of nitrogens with one attached hydrogen (secondary N) is 1. The molecule has 1 amide bonds. The molecule has 0 aromatic heterocycles. The fraction of sp³-hybridized carbons (Fsp3) is 0.417. The SMILES string of the molecule is COc1cc2c(cc1F)NC(=O)C1CSCCN21. The van der Waals surface area contributed by atoms with Crippen molar-refractivity contribution in [1.29, 1.82) is 0 Å². The van der Waals surface area contributed by atoms with Gasteiger partial charge in [0.2, 0.25) is 5.91 Å². The molecule has 18 heavy (non-hydrogen) atoms. The molecule has 2 heterocycles. The highest BCUT2D eigenvalue weighted by molar-refractivity contribution is 7.99. The van der Waals surface area contributed by atoms with Crippen molar-refractivity contribution < 1.29 is 13.9 Å². The summed E-state index contributed by atoms with van der Waals surface area (Å²) in [7, 11) is 1.44. The molecule has 3 rings (SSSR count). The van der Waals surface area contributed by atoms with Gasteiger partial charge >= 0.3 is 0 Å². The fourth-order valence-corrected chi connectivity index (χ4v) is 3.41. The number of carbonyl (C=O) groups is 1. The molecule has 0 radical (unpaired) electrons. The first-order valence-electron chi connectivity index (χ1n) is 5.73. The van der Waals surface area contributed by atoms with Crippen LogP contribution in [0.3, 0.4) is 0 Å². The number of fused-ring (bicyclic) bond motifs is 3. The first-order valence-corrected chi connectivity index (χ1v) is 6.89. The molecule has 1 saturated heterocycles. The molecule has 96 valence electrons. The number of carbonyl (C=O) groups excluding carboxylic acids is 1. The Kier molecular flexibility index (Phi) is 2.81. The summed E-state index contributed by atoms with van der Waals surface area (Å²) in [6.45, 7) is 0.796. The Bertz CT molecular complexity index is 509. The highest BCUT2D eigenvalue weighted by Crippen LogP contribution is 2.38. The highest BCUT2D eigenvalue weighted by Gasteiger charge is 2.35. The van der Waals surface area contributed by atoms with Crippen molar-refractivity contribution in [3.05, 3.63) is 17.9 Å². The van der Waals surface area contributed by atoms with Crippen molar-refractivity contribution in [2.24, 2.45) is 0 Å². The number of anilines is 2. The summed E-state index contributed by atoms with van der Waals surface area (Å²) < 4.78 is 18.6. The summed E-state index contributed by atoms with van der Waals surface area (Å²) in [6.07, 6.45) is 0. The zero-order valence-electron chi connectivity index (χ0n) is 9.90. The number of benzene rings is 1. The molecule has 0 bridgehead atoms. The van der Waals surface area contributed by atoms with Crippen LogP contribution in [0, 0.1) is 5.82 Å². The Hall–Kier alpha value is -1.43. The van der Waals surface area contributed by atoms with Gasteiger partial charge in [-0.3, -0.25) is 4.79 Å². The lowest BCUT2D eigenvalue weighted by molar-refractivity contribution is -0.117. The van der Waals surface area contributed by atoms with E-state index in [9.17, 15) is 9.18 Å². The molecular weight excluding hydrogens is 255 g/mol. The molecule has 6 heteroatoms. The van der Waals surface area contributed by atoms with E-state index in [-0.39, 0.29) is 17.7 Å². The minimum atomic E-state index is -0.457. The molecule has 0 spiro atoms. The molecule has 0 aliphatic carbocycles. The van der Waals surface area contributed by atoms with Crippen LogP contribution >= 0.6 is 11.8 Å². The number of methoxy groups -OCH3 is 1. The molecule has 1 aromatic rings. The second-order valence-corrected chi connectivity index (χ2v) is 5.43. The Balaban J connectivity index is 2.08. The third-order valence-corrected chi connectivity index (χ3v) is 4.29. The quantitative estimate of drug-likeness (QED) is 0.842. The van der Waals surface area contributed by atoms with Crippen LogP contribution in [-0.4, -0.2) is 37.1 Å². The first-order chi connectivity index (χ1) is 8.70. The Morgan fingerprint density at radius 2 is 2.39 bits per heavy atom. The van der Waals surface area contributed by atoms with E-state index < -0.39 is 5.82 Å². The largest absolute Gasteiger partial charge is 0.494 e. The van der Waals surface area contributed by atoms with Gasteiger partial charge < -0.3 is 15.0 Å². The molecule has 1 fully saturated rings. The van der Waals surface area contributed by atoms with Gasteiger partial charge in [-0.05, 0) is 0 Å². The van der Waals surface area contributed by atoms with Gasteiger partial charge in [-0.1, -0.05) is 0 Å². The van der Waals surface area contributed by atoms with Crippen LogP contribution < -0.4 is 15.0 Å². The lowest BCUT2D eigenvalue weighted by Gasteiger charge is -2.40. The molecular formula is C12H13FN2O2S. The average Bonchev–Trinajstić information content (AvgIpc) is 2.38. The van der Waals surface area contributed by atoms with Gasteiger partial charge in [0.1, 0.15) is 6.04 Å². The normalized spacial score (nSPS) is 22.0. The zero-order chi connectivity index (χ0) is 12.7. The number of thioether (sulfide) groups is 1. The molecule has 0 saturated carbocycles. The Labute approximate surface area is 108 Å². The monoisotopic (exact) mass is 268 g/mol. The van der Waals surface area contributed by atoms with Crippen LogP contribution in [-0.2, 0) is 4.79 Å². The highest BCUT2D eigenvalue weighted by atomic mass is 32.2. The lowest BCUT2D eigenvalue weighted by Crippen LogP contribution is -2.52. The number of hydrogen-bond donors (Lipinski definition) is 1. The van der Waals surface area contributed by atoms with Crippen molar-refractivity contribution in [1.82, 2.24) is 0 Å². The summed E-state index contributed by atoms with van der Waals surface area (Å²) in [5, 5.41) is 2.76. The summed E-state index contributed by atoms with van der Waals surface area (Å²) in [4.78, 5) is 14.0. The Morgan fingerprint density at radius 1 is 1.56 bits per heavy atom. The smallest absolute Gasteiger partial charge is 0.247 e. The first kappa shape index (κ1) is 11.6. The third kappa shape index (κ3) is 1.71. The molecule has 1 atom stereocenters. The number of nitrogens with zero attached hydrogens (tertiary/aromatic N) is 1. The van der Waals surface area contributed by atoms with Gasteiger partial charge in [0.25, 0.3) is 0 Å². The number of ether oxygens (including phenoxy) is 1. The van der Waals surface area contributed by atoms with Crippen molar-refractivity contribution in [3.8, 4) is 5.75 Å². The van der Waals surface area contributed by atoms with E-state index in [1.807, 2.05) is 4.90 Å². The number of amides is 1. The number of hydrogen-bond acceptors (Lipinski definition) is 4. The van der Waals surface area contributed by atoms with Gasteiger partial charge in [0, 0.05) is 30.2 Å². The predicted molar refractivity (Wildman–Crippen MR) is 70.0 cm³/mol. The van der Waals surface area contributed by atoms with Crippen molar-refractivity contribution >= 4 is 29.0 Å². The minimum absolute atomic E-state index is 0.0562. The van der Waals surface area contributed by atoms with Gasteiger partial charge in [0.05, 0.1) is 18.5 Å². The van der Waals surface area contributed by atoms with Crippen LogP contribution in [0.2, 0.25) is 0 Å². The topological polar surface area (TPSA) is 41.6 Å². The van der Waals surface area contributed by atoms with Crippen molar-refractivity contribution in [2.45, 2.75) is 6.04 Å². The number of halogens is 1. The van der Waals surface area contributed by atoms with Crippen molar-refractivity contribution in [2.75, 3.05) is 35.4 Å². The maximum absolute atomic E-state index is 13.6. The molecule has 2 aliphatic rings. The van der Waals surface area contributed by atoms with E-state index in [1.165, 1.54) is 13.2 Å². The molecule has 4 nitrogen and oxygen atoms in total. The summed E-state index contributed by atoms with van der Waals surface area (Å²) in [5.41, 5.74) is 1.37. The Morgan fingerprint density at radius 3 is 3.17 bits per heavy atom. The standard InChI is InChI=1S/C12H13FN2O2S/c1-17-11-5-9-8(4-7(11)13)14-12(16)10-6-18-3-2-15(9)10/h4-5,10H,2-3,6H2,1H3,(H,14,16). The van der Waals surface area contributed by atoms with Crippen LogP contribution in [0.25, 0.3) is 0 Å². The lowest BCUT2D eigenvalue weighted by atomic mass is 10.1. The fourth-order valence-electron chi connectivity index (χ4n) is 2.36. The second-order valence-electron chi connectivity index (χ2n) is 4.28. The molecule has 1 aromatic carbocycles. The summed E-state index contributed by atoms with van der Waals surface area (Å²) >= 11 is 1.76. The maximum Gasteiger partial charge on any atom is 0.247 e. The van der Waals surface area contributed by atoms with Crippen LogP contribution in [0.1, 0.15) is 0 Å². The van der Waals surface area contributed by atoms with Crippen LogP contribution in [0.5, 0.6) is 5.75 Å². The van der Waals surface area contributed by atoms with E-state index in [1.54, 1.807) is 17.8 Å². The second kappa shape index (κ2) is 4.35. The summed E-state index contributed by atoms with van der Waals surface area (Å²) in [5.74, 6) is 1.44. The van der Waals surface area contributed by atoms with E-state index in [4.69, 9.17) is 4.74 Å². The molecule has 1 unspecified atom stereocenters. The minimum Gasteiger partial charge on any atom is -0.494 e. The van der Waals surface area contributed by atoms with E-state index in [0.717, 1.165) is 23.7 Å². The van der Waals surface area contributed by atoms with Gasteiger partial charge in [0.15, 0.2) is 11.6 Å². The van der Waals surface area contributed by atoms with Gasteiger partial charge in [-0.2, -0.15) is 11.8 Å². The predicted octanol–water partition coefficient (Wildman–Crippen LogP) is 1.71. The van der Waals surface area contributed by atoms with E-state index in [0.29, 0.717) is 5.69 Å². The van der Waals surface area contributed by atoms with Crippen LogP contribution in [0.4, 0.5) is 15.8 Å². The van der Waals surface area contributed by atoms with Crippen LogP contribution in [0.15, 0.2) is 12.1 Å². The van der Waals surface area contributed by atoms with Crippen molar-refractivity contribution in [3.63, 3.8) is 0 Å². The van der Waals surface area contributed by atoms with Gasteiger partial charge in [-0.15, -0.1) is 0 Å². The van der Waals surface area contributed by atoms with Gasteiger partial charge in [-0.25, -0.2) is 4.39 Å². The average molecular weight is 268 g/mol. The summed E-state index contributed by atoms with van der Waals surface area (Å²) in [6, 6.07) is 2.82. The zero-order valence-corrected chi connectivity index (χ0v) is 10.7. The number of rotatable bonds is 1. The van der Waals surface area contributed by atoms with E-state index in [2.05, 4.69) is 5.32 Å². The molecule has 2 aliphatic heterocycles. The molecule has 1 N–H and O–H groups in total. The maximum atomic E-state index is 13.6. The third-order valence-electron chi connectivity index (χ3n) is 3.27.